The van der Waals surface area contributed by atoms with Gasteiger partial charge in [-0.05, 0) is 47.9 Å². The molecule has 0 saturated carbocycles. The van der Waals surface area contributed by atoms with Crippen LogP contribution in [0.2, 0.25) is 5.02 Å². The average Bonchev–Trinajstić information content (AvgIpc) is 2.77. The van der Waals surface area contributed by atoms with Crippen LogP contribution in [0, 0.1) is 6.92 Å². The van der Waals surface area contributed by atoms with Gasteiger partial charge in [-0.3, -0.25) is 0 Å². The Bertz CT molecular complexity index is 834. The second-order valence-corrected chi connectivity index (χ2v) is 5.30. The van der Waals surface area contributed by atoms with E-state index >= 15 is 0 Å². The molecule has 0 radical (unpaired) electrons. The van der Waals surface area contributed by atoms with Crippen molar-refractivity contribution in [1.29, 1.82) is 0 Å². The van der Waals surface area contributed by atoms with E-state index in [2.05, 4.69) is 9.97 Å². The molecule has 1 heterocycles. The van der Waals surface area contributed by atoms with Gasteiger partial charge in [0.05, 0.1) is 17.1 Å². The number of aromatic nitrogens is 2. The molecule has 1 aromatic heterocycles. The van der Waals surface area contributed by atoms with E-state index in [1.807, 2.05) is 43.3 Å². The maximum Gasteiger partial charge on any atom is 0.323 e. The largest absolute Gasteiger partial charge is 0.323 e. The zero-order chi connectivity index (χ0) is 14.3. The molecule has 5 heteroatoms. The van der Waals surface area contributed by atoms with Crippen molar-refractivity contribution >= 4 is 22.6 Å². The molecule has 0 aliphatic heterocycles. The van der Waals surface area contributed by atoms with E-state index < -0.39 is 0 Å². The van der Waals surface area contributed by atoms with Crippen LogP contribution in [0.4, 0.5) is 0 Å². The zero-order valence-electron chi connectivity index (χ0n) is 10.9. The summed E-state index contributed by atoms with van der Waals surface area (Å²) in [6, 6.07) is 11.1. The molecule has 0 aliphatic carbocycles. The van der Waals surface area contributed by atoms with Gasteiger partial charge in [0.15, 0.2) is 0 Å². The number of hydrogen-bond donors (Lipinski definition) is 3. The highest BCUT2D eigenvalue weighted by molar-refractivity contribution is 6.30. The molecular weight excluding hydrogens is 274 g/mol. The van der Waals surface area contributed by atoms with Crippen LogP contribution in [0.5, 0.6) is 0 Å². The quantitative estimate of drug-likeness (QED) is 0.678. The second kappa shape index (κ2) is 4.81. The molecule has 4 N–H and O–H groups in total. The molecule has 0 fully saturated rings. The van der Waals surface area contributed by atoms with Crippen LogP contribution < -0.4 is 11.4 Å². The summed E-state index contributed by atoms with van der Waals surface area (Å²) in [5.41, 5.74) is 10.7. The summed E-state index contributed by atoms with van der Waals surface area (Å²) >= 11 is 5.96. The molecule has 102 valence electrons. The lowest BCUT2D eigenvalue weighted by Crippen LogP contribution is -2.13. The number of nitrogens with two attached hydrogens (primary N) is 1. The number of imidazole rings is 1. The van der Waals surface area contributed by atoms with E-state index in [0.29, 0.717) is 5.02 Å². The maximum atomic E-state index is 11.3. The molecule has 0 saturated heterocycles. The van der Waals surface area contributed by atoms with Crippen LogP contribution >= 0.6 is 11.6 Å². The van der Waals surface area contributed by atoms with Gasteiger partial charge in [-0.25, -0.2) is 4.79 Å². The fourth-order valence-electron chi connectivity index (χ4n) is 2.41. The number of halogens is 1. The molecule has 1 atom stereocenters. The topological polar surface area (TPSA) is 74.7 Å². The first-order valence-electron chi connectivity index (χ1n) is 6.28. The number of H-pyrrole nitrogens is 2. The van der Waals surface area contributed by atoms with Crippen LogP contribution in [0.1, 0.15) is 22.7 Å². The molecule has 2 aromatic carbocycles. The Hall–Kier alpha value is -2.04. The summed E-state index contributed by atoms with van der Waals surface area (Å²) in [6.07, 6.45) is 0. The maximum absolute atomic E-state index is 11.3. The lowest BCUT2D eigenvalue weighted by molar-refractivity contribution is 0.863. The standard InChI is InChI=1S/C15H14ClN3O/c1-8-6-10(16)3-4-11(8)14(17)9-2-5-12-13(7-9)19-15(20)18-12/h2-7,14H,17H2,1H3,(H2,18,19,20). The number of aromatic amines is 2. The fraction of sp³-hybridized carbons (Fsp3) is 0.133. The average molecular weight is 288 g/mol. The second-order valence-electron chi connectivity index (χ2n) is 4.86. The van der Waals surface area contributed by atoms with Crippen LogP contribution in [0.3, 0.4) is 0 Å². The molecule has 4 nitrogen and oxygen atoms in total. The summed E-state index contributed by atoms with van der Waals surface area (Å²) in [7, 11) is 0. The van der Waals surface area contributed by atoms with Crippen LogP contribution in [-0.2, 0) is 0 Å². The van der Waals surface area contributed by atoms with Gasteiger partial charge < -0.3 is 15.7 Å². The predicted molar refractivity (Wildman–Crippen MR) is 81.1 cm³/mol. The lowest BCUT2D eigenvalue weighted by atomic mass is 9.95. The molecule has 3 aromatic rings. The smallest absolute Gasteiger partial charge is 0.320 e. The fourth-order valence-corrected chi connectivity index (χ4v) is 2.64. The highest BCUT2D eigenvalue weighted by Crippen LogP contribution is 2.26. The Balaban J connectivity index is 2.06. The third-order valence-electron chi connectivity index (χ3n) is 3.47. The van der Waals surface area contributed by atoms with Crippen molar-refractivity contribution in [3.63, 3.8) is 0 Å². The predicted octanol–water partition coefficient (Wildman–Crippen LogP) is 2.87. The van der Waals surface area contributed by atoms with Gasteiger partial charge in [-0.15, -0.1) is 0 Å². The van der Waals surface area contributed by atoms with Crippen molar-refractivity contribution in [2.75, 3.05) is 0 Å². The Morgan fingerprint density at radius 2 is 1.85 bits per heavy atom. The highest BCUT2D eigenvalue weighted by Gasteiger charge is 2.12. The third kappa shape index (κ3) is 2.24. The van der Waals surface area contributed by atoms with Gasteiger partial charge in [0.1, 0.15) is 0 Å². The normalized spacial score (nSPS) is 12.8. The minimum atomic E-state index is -0.255. The van der Waals surface area contributed by atoms with E-state index in [4.69, 9.17) is 17.3 Å². The van der Waals surface area contributed by atoms with E-state index in [1.165, 1.54) is 0 Å². The van der Waals surface area contributed by atoms with E-state index in [0.717, 1.165) is 27.7 Å². The molecule has 20 heavy (non-hydrogen) atoms. The molecule has 0 spiro atoms. The molecule has 3 rings (SSSR count). The monoisotopic (exact) mass is 287 g/mol. The van der Waals surface area contributed by atoms with Crippen molar-refractivity contribution < 1.29 is 0 Å². The van der Waals surface area contributed by atoms with Gasteiger partial charge in [0.2, 0.25) is 0 Å². The first-order chi connectivity index (χ1) is 9.54. The summed E-state index contributed by atoms with van der Waals surface area (Å²) in [6.45, 7) is 1.98. The van der Waals surface area contributed by atoms with Crippen LogP contribution in [0.15, 0.2) is 41.2 Å². The van der Waals surface area contributed by atoms with Crippen molar-refractivity contribution in [1.82, 2.24) is 9.97 Å². The summed E-state index contributed by atoms with van der Waals surface area (Å²) in [5, 5.41) is 0.698. The summed E-state index contributed by atoms with van der Waals surface area (Å²) in [4.78, 5) is 16.7. The number of nitrogens with one attached hydrogen (secondary N) is 2. The van der Waals surface area contributed by atoms with Crippen molar-refractivity contribution in [3.8, 4) is 0 Å². The summed E-state index contributed by atoms with van der Waals surface area (Å²) < 4.78 is 0. The molecule has 1 unspecified atom stereocenters. The Kier molecular flexibility index (Phi) is 3.12. The number of rotatable bonds is 2. The third-order valence-corrected chi connectivity index (χ3v) is 3.70. The van der Waals surface area contributed by atoms with Crippen LogP contribution in [-0.4, -0.2) is 9.97 Å². The van der Waals surface area contributed by atoms with Gasteiger partial charge in [0.25, 0.3) is 0 Å². The number of hydrogen-bond acceptors (Lipinski definition) is 2. The Labute approximate surface area is 120 Å². The van der Waals surface area contributed by atoms with Gasteiger partial charge in [-0.2, -0.15) is 0 Å². The lowest BCUT2D eigenvalue weighted by Gasteiger charge is -2.15. The zero-order valence-corrected chi connectivity index (χ0v) is 11.7. The van der Waals surface area contributed by atoms with Gasteiger partial charge >= 0.3 is 5.69 Å². The van der Waals surface area contributed by atoms with E-state index in [-0.39, 0.29) is 11.7 Å². The summed E-state index contributed by atoms with van der Waals surface area (Å²) in [5.74, 6) is 0. The number of benzene rings is 2. The van der Waals surface area contributed by atoms with E-state index in [1.54, 1.807) is 0 Å². The number of aryl methyl sites for hydroxylation is 1. The van der Waals surface area contributed by atoms with Crippen LogP contribution in [0.25, 0.3) is 11.0 Å². The van der Waals surface area contributed by atoms with Gasteiger partial charge in [-0.1, -0.05) is 23.7 Å². The highest BCUT2D eigenvalue weighted by atomic mass is 35.5. The van der Waals surface area contributed by atoms with Crippen molar-refractivity contribution in [3.05, 3.63) is 68.6 Å². The molecule has 0 aliphatic rings. The molecular formula is C15H14ClN3O. The van der Waals surface area contributed by atoms with E-state index in [9.17, 15) is 4.79 Å². The first kappa shape index (κ1) is 13.0. The first-order valence-corrected chi connectivity index (χ1v) is 6.66. The molecule has 0 amide bonds. The Morgan fingerprint density at radius 3 is 2.60 bits per heavy atom. The van der Waals surface area contributed by atoms with Crippen molar-refractivity contribution in [2.24, 2.45) is 5.73 Å². The van der Waals surface area contributed by atoms with Crippen molar-refractivity contribution in [2.45, 2.75) is 13.0 Å². The minimum absolute atomic E-state index is 0.214. The number of fused-ring (bicyclic) bond motifs is 1. The minimum Gasteiger partial charge on any atom is -0.320 e. The molecule has 0 bridgehead atoms. The SMILES string of the molecule is Cc1cc(Cl)ccc1C(N)c1ccc2[nH]c(=O)[nH]c2c1. The Morgan fingerprint density at radius 1 is 1.10 bits per heavy atom. The van der Waals surface area contributed by atoms with Gasteiger partial charge in [0, 0.05) is 5.02 Å².